The van der Waals surface area contributed by atoms with Gasteiger partial charge in [0.1, 0.15) is 0 Å². The first kappa shape index (κ1) is 39.7. The molecule has 1 aliphatic carbocycles. The smallest absolute Gasteiger partial charge is 1.00 e. The van der Waals surface area contributed by atoms with Crippen LogP contribution in [0.25, 0.3) is 21.5 Å². The van der Waals surface area contributed by atoms with Crippen molar-refractivity contribution in [3.05, 3.63) is 148 Å². The van der Waals surface area contributed by atoms with Gasteiger partial charge in [-0.1, -0.05) is 89.8 Å². The molecule has 1 unspecified atom stereocenters. The summed E-state index contributed by atoms with van der Waals surface area (Å²) < 4.78 is 1.42. The van der Waals surface area contributed by atoms with Crippen molar-refractivity contribution in [1.29, 1.82) is 0 Å². The first-order valence-corrected chi connectivity index (χ1v) is 17.0. The topological polar surface area (TPSA) is 0 Å². The van der Waals surface area contributed by atoms with Crippen LogP contribution in [0.2, 0.25) is 0 Å². The van der Waals surface area contributed by atoms with Gasteiger partial charge in [-0.25, -0.2) is 11.6 Å². The summed E-state index contributed by atoms with van der Waals surface area (Å²) in [6, 6.07) is 33.7. The molecule has 0 aromatic heterocycles. The standard InChI is InChI=1S/C21H25.C15H14.C7H9.2ClH.Zr/c1-20(2,3)16-9-7-14-11-15-8-10-17(21(4,5)6)13-19(15)18(14)12-16;1-12-3-7-14(8-4-12)11-15-9-5-13(2)6-10-15;1-6-3-4-7(2)5-6;;;/h7-13H,1-6H3;3-10H,1-2H3;3,5,7H,1-2H3;2*1H;/q-1;;-1;;;+2/p-2. The van der Waals surface area contributed by atoms with Crippen LogP contribution in [0, 0.1) is 25.8 Å². The summed E-state index contributed by atoms with van der Waals surface area (Å²) in [5.41, 5.74) is 9.85. The molecule has 46 heavy (non-hydrogen) atoms. The molecule has 3 heteroatoms. The molecule has 1 atom stereocenters. The van der Waals surface area contributed by atoms with E-state index in [9.17, 15) is 0 Å². The Kier molecular flexibility index (Phi) is 14.3. The summed E-state index contributed by atoms with van der Waals surface area (Å²) >= 11 is 1.46. The molecule has 0 spiro atoms. The molecule has 0 amide bonds. The van der Waals surface area contributed by atoms with Crippen molar-refractivity contribution < 1.29 is 49.0 Å². The van der Waals surface area contributed by atoms with E-state index in [1.54, 1.807) is 0 Å². The molecule has 0 N–H and O–H groups in total. The van der Waals surface area contributed by atoms with E-state index in [4.69, 9.17) is 0 Å². The molecule has 240 valence electrons. The Morgan fingerprint density at radius 3 is 1.30 bits per heavy atom. The summed E-state index contributed by atoms with van der Waals surface area (Å²) in [6.07, 6.45) is 7.38. The Morgan fingerprint density at radius 2 is 1.02 bits per heavy atom. The average molecular weight is 727 g/mol. The van der Waals surface area contributed by atoms with Gasteiger partial charge in [-0.2, -0.15) is 6.08 Å². The maximum atomic E-state index is 3.15. The molecule has 0 radical (unpaired) electrons. The molecule has 5 aromatic carbocycles. The quantitative estimate of drug-likeness (QED) is 0.206. The Balaban J connectivity index is 0.000000261. The molecule has 0 bridgehead atoms. The van der Waals surface area contributed by atoms with Crippen molar-refractivity contribution >= 4 is 24.8 Å². The molecule has 0 saturated carbocycles. The largest absolute Gasteiger partial charge is 1.00 e. The van der Waals surface area contributed by atoms with Gasteiger partial charge in [0.25, 0.3) is 0 Å². The monoisotopic (exact) mass is 724 g/mol. The van der Waals surface area contributed by atoms with Crippen LogP contribution in [0.1, 0.15) is 88.8 Å². The van der Waals surface area contributed by atoms with Crippen LogP contribution in [0.4, 0.5) is 0 Å². The van der Waals surface area contributed by atoms with Gasteiger partial charge in [-0.3, -0.25) is 6.08 Å². The zero-order chi connectivity index (χ0) is 32.2. The minimum Gasteiger partial charge on any atom is -1.00 e. The van der Waals surface area contributed by atoms with Gasteiger partial charge in [-0.15, -0.1) is 46.7 Å². The van der Waals surface area contributed by atoms with Crippen LogP contribution >= 0.6 is 0 Å². The molecule has 0 heterocycles. The Labute approximate surface area is 305 Å². The number of fused-ring (bicyclic) bond motifs is 3. The average Bonchev–Trinajstić information content (AvgIpc) is 3.53. The van der Waals surface area contributed by atoms with Gasteiger partial charge in [0.05, 0.1) is 0 Å². The molecular formula is C43H48Cl2Zr-2. The summed E-state index contributed by atoms with van der Waals surface area (Å²) in [6.45, 7) is 22.1. The first-order valence-electron chi connectivity index (χ1n) is 15.8. The van der Waals surface area contributed by atoms with Gasteiger partial charge in [0, 0.05) is 0 Å². The van der Waals surface area contributed by atoms with Crippen molar-refractivity contribution in [2.45, 2.75) is 80.1 Å². The van der Waals surface area contributed by atoms with Crippen LogP contribution in [0.3, 0.4) is 0 Å². The van der Waals surface area contributed by atoms with Gasteiger partial charge in [-0.05, 0) is 10.8 Å². The molecular weight excluding hydrogens is 679 g/mol. The van der Waals surface area contributed by atoms with Crippen LogP contribution < -0.4 is 24.8 Å². The number of rotatable bonds is 2. The van der Waals surface area contributed by atoms with Gasteiger partial charge in [0.15, 0.2) is 0 Å². The normalized spacial score (nSPS) is 13.9. The molecule has 1 aliphatic rings. The molecule has 0 saturated heterocycles. The third-order valence-corrected chi connectivity index (χ3v) is 9.63. The SMILES string of the molecule is CC(C)(C)c1ccc2[cH-]c3ccc(C(C)(C)C)cc3c2c1.CC1=CC(C)[C-]=C1.Cc1ccc([C](=[Zr+2])c2ccc(C)cc2)cc1.[Cl-].[Cl-]. The Morgan fingerprint density at radius 1 is 0.630 bits per heavy atom. The maximum Gasteiger partial charge on any atom is -1.00 e. The number of aryl methyl sites for hydroxylation is 2. The van der Waals surface area contributed by atoms with Crippen molar-refractivity contribution in [2.75, 3.05) is 0 Å². The second kappa shape index (κ2) is 16.6. The fourth-order valence-electron chi connectivity index (χ4n) is 5.29. The predicted octanol–water partition coefficient (Wildman–Crippen LogP) is 5.68. The summed E-state index contributed by atoms with van der Waals surface area (Å²) in [7, 11) is 0. The second-order valence-electron chi connectivity index (χ2n) is 14.4. The Bertz CT molecular complexity index is 1690. The van der Waals surface area contributed by atoms with E-state index in [-0.39, 0.29) is 35.6 Å². The molecule has 5 aromatic rings. The number of hydrogen-bond donors (Lipinski definition) is 0. The molecule has 0 aliphatic heterocycles. The van der Waals surface area contributed by atoms with Crippen molar-refractivity contribution in [3.8, 4) is 0 Å². The van der Waals surface area contributed by atoms with Crippen LogP contribution in [-0.2, 0) is 35.1 Å². The number of halogens is 2. The summed E-state index contributed by atoms with van der Waals surface area (Å²) in [5.74, 6) is 0.556. The van der Waals surface area contributed by atoms with Crippen molar-refractivity contribution in [1.82, 2.24) is 0 Å². The van der Waals surface area contributed by atoms with E-state index in [1.807, 2.05) is 6.08 Å². The summed E-state index contributed by atoms with van der Waals surface area (Å²) in [5, 5.41) is 5.49. The van der Waals surface area contributed by atoms with E-state index in [2.05, 4.69) is 172 Å². The predicted molar refractivity (Wildman–Crippen MR) is 191 cm³/mol. The van der Waals surface area contributed by atoms with Crippen molar-refractivity contribution in [2.24, 2.45) is 5.92 Å². The fraction of sp³-hybridized carbons (Fsp3) is 0.302. The molecule has 6 rings (SSSR count). The van der Waals surface area contributed by atoms with E-state index >= 15 is 0 Å². The van der Waals surface area contributed by atoms with Gasteiger partial charge < -0.3 is 24.8 Å². The third-order valence-electron chi connectivity index (χ3n) is 8.21. The zero-order valence-electron chi connectivity index (χ0n) is 29.1. The van der Waals surface area contributed by atoms with Crippen LogP contribution in [-0.4, -0.2) is 3.21 Å². The molecule has 0 fully saturated rings. The number of allylic oxidation sites excluding steroid dienone is 4. The third kappa shape index (κ3) is 10.5. The summed E-state index contributed by atoms with van der Waals surface area (Å²) in [4.78, 5) is 0. The second-order valence-corrected chi connectivity index (χ2v) is 15.6. The van der Waals surface area contributed by atoms with Gasteiger partial charge in [0.2, 0.25) is 0 Å². The first-order chi connectivity index (χ1) is 20.6. The molecule has 0 nitrogen and oxygen atoms in total. The fourth-order valence-corrected chi connectivity index (χ4v) is 6.11. The van der Waals surface area contributed by atoms with Gasteiger partial charge >= 0.3 is 112 Å². The minimum absolute atomic E-state index is 0. The maximum absolute atomic E-state index is 3.15. The van der Waals surface area contributed by atoms with E-state index in [0.29, 0.717) is 5.92 Å². The Hall–Kier alpha value is -2.44. The van der Waals surface area contributed by atoms with Crippen LogP contribution in [0.15, 0.2) is 109 Å². The number of hydrogen-bond acceptors (Lipinski definition) is 0. The van der Waals surface area contributed by atoms with E-state index in [1.165, 1.54) is 87.9 Å². The minimum atomic E-state index is 0. The zero-order valence-corrected chi connectivity index (χ0v) is 33.1. The van der Waals surface area contributed by atoms with E-state index < -0.39 is 0 Å². The van der Waals surface area contributed by atoms with Crippen molar-refractivity contribution in [3.63, 3.8) is 0 Å². The number of benzene rings is 4. The van der Waals surface area contributed by atoms with Crippen LogP contribution in [0.5, 0.6) is 0 Å². The van der Waals surface area contributed by atoms with E-state index in [0.717, 1.165) is 0 Å².